The lowest BCUT2D eigenvalue weighted by Gasteiger charge is -2.11. The van der Waals surface area contributed by atoms with Crippen LogP contribution in [-0.2, 0) is 0 Å². The van der Waals surface area contributed by atoms with Gasteiger partial charge in [-0.3, -0.25) is 4.57 Å². The number of benzene rings is 2. The van der Waals surface area contributed by atoms with Gasteiger partial charge in [0.2, 0.25) is 5.95 Å². The zero-order valence-corrected chi connectivity index (χ0v) is 14.5. The number of aromatic nitrogens is 2. The Hall–Kier alpha value is -1.05. The maximum Gasteiger partial charge on any atom is 0.205 e. The van der Waals surface area contributed by atoms with Crippen molar-refractivity contribution in [2.45, 2.75) is 6.92 Å². The zero-order valence-electron chi connectivity index (χ0n) is 10.8. The van der Waals surface area contributed by atoms with Gasteiger partial charge in [-0.15, -0.1) is 0 Å². The van der Waals surface area contributed by atoms with E-state index in [4.69, 9.17) is 28.9 Å². The van der Waals surface area contributed by atoms with Gasteiger partial charge in [0.15, 0.2) is 0 Å². The van der Waals surface area contributed by atoms with Crippen LogP contribution in [0.1, 0.15) is 5.56 Å². The fraction of sp³-hybridized carbons (Fsp3) is 0.0714. The van der Waals surface area contributed by atoms with E-state index in [1.165, 1.54) is 6.07 Å². The Morgan fingerprint density at radius 3 is 2.62 bits per heavy atom. The van der Waals surface area contributed by atoms with E-state index in [2.05, 4.69) is 4.98 Å². The van der Waals surface area contributed by atoms with Gasteiger partial charge in [0, 0.05) is 11.1 Å². The first-order valence-electron chi connectivity index (χ1n) is 5.97. The number of rotatable bonds is 1. The topological polar surface area (TPSA) is 43.8 Å². The predicted octanol–water partition coefficient (Wildman–Crippen LogP) is 4.97. The molecule has 7 heteroatoms. The molecule has 2 N–H and O–H groups in total. The summed E-state index contributed by atoms with van der Waals surface area (Å²) in [5.74, 6) is -0.105. The summed E-state index contributed by atoms with van der Waals surface area (Å²) in [6.07, 6.45) is 0. The van der Waals surface area contributed by atoms with Gasteiger partial charge in [0.1, 0.15) is 5.82 Å². The van der Waals surface area contributed by atoms with Crippen molar-refractivity contribution in [3.05, 3.63) is 49.3 Å². The van der Waals surface area contributed by atoms with E-state index in [-0.39, 0.29) is 11.8 Å². The summed E-state index contributed by atoms with van der Waals surface area (Å²) < 4.78 is 15.9. The highest BCUT2D eigenvalue weighted by molar-refractivity contribution is 14.1. The average Bonchev–Trinajstić information content (AvgIpc) is 2.70. The summed E-state index contributed by atoms with van der Waals surface area (Å²) >= 11 is 14.3. The smallest absolute Gasteiger partial charge is 0.205 e. The first-order valence-corrected chi connectivity index (χ1v) is 7.81. The largest absolute Gasteiger partial charge is 0.369 e. The molecule has 3 aromatic rings. The van der Waals surface area contributed by atoms with Crippen LogP contribution in [0.3, 0.4) is 0 Å². The maximum atomic E-state index is 13.8. The van der Waals surface area contributed by atoms with Crippen LogP contribution >= 0.6 is 45.8 Å². The third-order valence-electron chi connectivity index (χ3n) is 3.19. The number of hydrogen-bond acceptors (Lipinski definition) is 2. The van der Waals surface area contributed by atoms with Crippen molar-refractivity contribution in [1.29, 1.82) is 0 Å². The van der Waals surface area contributed by atoms with Crippen molar-refractivity contribution in [1.82, 2.24) is 9.55 Å². The third kappa shape index (κ3) is 2.47. The Labute approximate surface area is 144 Å². The summed E-state index contributed by atoms with van der Waals surface area (Å²) in [5.41, 5.74) is 8.55. The van der Waals surface area contributed by atoms with Crippen LogP contribution in [0, 0.1) is 16.3 Å². The summed E-state index contributed by atoms with van der Waals surface area (Å²) in [4.78, 5) is 4.25. The Morgan fingerprint density at radius 1 is 1.19 bits per heavy atom. The second kappa shape index (κ2) is 5.30. The summed E-state index contributed by atoms with van der Waals surface area (Å²) in [6.45, 7) is 1.86. The number of fused-ring (bicyclic) bond motifs is 1. The minimum Gasteiger partial charge on any atom is -0.369 e. The minimum atomic E-state index is -0.335. The van der Waals surface area contributed by atoms with E-state index >= 15 is 0 Å². The molecule has 0 aliphatic rings. The SMILES string of the molecule is Cc1cc(Cl)c(-n2c(N)nc3cc(I)c(F)cc32)cc1Cl. The molecule has 0 aliphatic carbocycles. The lowest BCUT2D eigenvalue weighted by atomic mass is 10.2. The van der Waals surface area contributed by atoms with Crippen LogP contribution in [0.15, 0.2) is 24.3 Å². The molecular weight excluding hydrogens is 427 g/mol. The zero-order chi connectivity index (χ0) is 15.3. The van der Waals surface area contributed by atoms with Crippen LogP contribution in [0.4, 0.5) is 10.3 Å². The van der Waals surface area contributed by atoms with Gasteiger partial charge >= 0.3 is 0 Å². The number of anilines is 1. The van der Waals surface area contributed by atoms with Crippen LogP contribution < -0.4 is 5.73 Å². The molecule has 0 saturated heterocycles. The normalized spacial score (nSPS) is 11.3. The van der Waals surface area contributed by atoms with Gasteiger partial charge in [0.05, 0.1) is 25.3 Å². The number of aryl methyl sites for hydroxylation is 1. The van der Waals surface area contributed by atoms with E-state index < -0.39 is 0 Å². The molecule has 1 heterocycles. The minimum absolute atomic E-state index is 0.230. The van der Waals surface area contributed by atoms with Crippen LogP contribution in [-0.4, -0.2) is 9.55 Å². The average molecular weight is 436 g/mol. The highest BCUT2D eigenvalue weighted by Gasteiger charge is 2.16. The summed E-state index contributed by atoms with van der Waals surface area (Å²) in [6, 6.07) is 6.48. The molecule has 0 radical (unpaired) electrons. The molecule has 2 aromatic carbocycles. The number of nitrogens with zero attached hydrogens (tertiary/aromatic N) is 2. The highest BCUT2D eigenvalue weighted by Crippen LogP contribution is 2.33. The summed E-state index contributed by atoms with van der Waals surface area (Å²) in [5, 5.41) is 1.03. The number of hydrogen-bond donors (Lipinski definition) is 1. The fourth-order valence-electron chi connectivity index (χ4n) is 2.15. The fourth-order valence-corrected chi connectivity index (χ4v) is 3.06. The van der Waals surface area contributed by atoms with E-state index in [1.807, 2.05) is 29.5 Å². The van der Waals surface area contributed by atoms with Crippen molar-refractivity contribution in [3.63, 3.8) is 0 Å². The van der Waals surface area contributed by atoms with E-state index in [0.29, 0.717) is 30.3 Å². The number of halogens is 4. The molecule has 0 atom stereocenters. The molecule has 108 valence electrons. The Morgan fingerprint density at radius 2 is 1.90 bits per heavy atom. The Bertz CT molecular complexity index is 877. The number of imidazole rings is 1. The quantitative estimate of drug-likeness (QED) is 0.548. The molecule has 0 unspecified atom stereocenters. The van der Waals surface area contributed by atoms with Crippen LogP contribution in [0.2, 0.25) is 10.0 Å². The first kappa shape index (κ1) is 14.9. The molecule has 3 rings (SSSR count). The van der Waals surface area contributed by atoms with E-state index in [9.17, 15) is 4.39 Å². The highest BCUT2D eigenvalue weighted by atomic mass is 127. The van der Waals surface area contributed by atoms with Crippen molar-refractivity contribution in [3.8, 4) is 5.69 Å². The standard InChI is InChI=1S/C14H9Cl2FIN3/c1-6-2-8(16)12(3-7(6)15)21-13-4-9(17)10(18)5-11(13)20-14(21)19/h2-5H,1H3,(H2,19,20). The molecule has 0 spiro atoms. The van der Waals surface area contributed by atoms with Crippen LogP contribution in [0.25, 0.3) is 16.7 Å². The van der Waals surface area contributed by atoms with Crippen molar-refractivity contribution >= 4 is 62.8 Å². The van der Waals surface area contributed by atoms with Crippen LogP contribution in [0.5, 0.6) is 0 Å². The Kier molecular flexibility index (Phi) is 3.75. The molecule has 0 bridgehead atoms. The first-order chi connectivity index (χ1) is 9.88. The number of nitrogen functional groups attached to an aromatic ring is 1. The van der Waals surface area contributed by atoms with Gasteiger partial charge in [0.25, 0.3) is 0 Å². The van der Waals surface area contributed by atoms with Gasteiger partial charge in [-0.2, -0.15) is 0 Å². The lowest BCUT2D eigenvalue weighted by molar-refractivity contribution is 0.622. The lowest BCUT2D eigenvalue weighted by Crippen LogP contribution is -2.02. The Balaban J connectivity index is 2.37. The molecule has 21 heavy (non-hydrogen) atoms. The molecule has 0 saturated carbocycles. The second-order valence-electron chi connectivity index (χ2n) is 4.61. The van der Waals surface area contributed by atoms with E-state index in [1.54, 1.807) is 22.8 Å². The summed E-state index contributed by atoms with van der Waals surface area (Å²) in [7, 11) is 0. The van der Waals surface area contributed by atoms with Gasteiger partial charge in [-0.05, 0) is 53.3 Å². The van der Waals surface area contributed by atoms with Crippen molar-refractivity contribution in [2.24, 2.45) is 0 Å². The molecular formula is C14H9Cl2FIN3. The van der Waals surface area contributed by atoms with Gasteiger partial charge in [-0.25, -0.2) is 9.37 Å². The second-order valence-corrected chi connectivity index (χ2v) is 6.59. The van der Waals surface area contributed by atoms with Gasteiger partial charge < -0.3 is 5.73 Å². The molecule has 0 fully saturated rings. The number of nitrogens with two attached hydrogens (primary N) is 1. The maximum absolute atomic E-state index is 13.8. The van der Waals surface area contributed by atoms with Gasteiger partial charge in [-0.1, -0.05) is 23.2 Å². The van der Waals surface area contributed by atoms with Crippen molar-refractivity contribution < 1.29 is 4.39 Å². The predicted molar refractivity (Wildman–Crippen MR) is 92.9 cm³/mol. The third-order valence-corrected chi connectivity index (χ3v) is 4.73. The van der Waals surface area contributed by atoms with E-state index in [0.717, 1.165) is 5.56 Å². The van der Waals surface area contributed by atoms with Crippen molar-refractivity contribution in [2.75, 3.05) is 5.73 Å². The molecule has 1 aromatic heterocycles. The molecule has 0 aliphatic heterocycles. The molecule has 3 nitrogen and oxygen atoms in total. The monoisotopic (exact) mass is 435 g/mol. The molecule has 0 amide bonds.